The van der Waals surface area contributed by atoms with Crippen LogP contribution < -0.4 is 0 Å². The number of aromatic amines is 1. The average molecular weight is 202 g/mol. The Kier molecular flexibility index (Phi) is 1.38. The van der Waals surface area contributed by atoms with E-state index in [2.05, 4.69) is 10.2 Å². The van der Waals surface area contributed by atoms with E-state index in [1.54, 1.807) is 0 Å². The number of nitrogens with one attached hydrogen (secondary N) is 1. The second kappa shape index (κ2) is 2.32. The SMILES string of the molecule is FC(F)(F)c1n[nH]c2c1C1CCC2C1. The van der Waals surface area contributed by atoms with Crippen molar-refractivity contribution in [2.45, 2.75) is 37.3 Å². The lowest BCUT2D eigenvalue weighted by Crippen LogP contribution is -2.10. The summed E-state index contributed by atoms with van der Waals surface area (Å²) in [6.07, 6.45) is -1.52. The number of halogens is 3. The topological polar surface area (TPSA) is 28.7 Å². The number of H-pyrrole nitrogens is 1. The predicted molar refractivity (Wildman–Crippen MR) is 42.9 cm³/mol. The van der Waals surface area contributed by atoms with Crippen molar-refractivity contribution in [3.63, 3.8) is 0 Å². The molecule has 5 heteroatoms. The lowest BCUT2D eigenvalue weighted by molar-refractivity contribution is -0.141. The molecule has 2 aliphatic rings. The number of alkyl halides is 3. The Balaban J connectivity index is 2.15. The molecular weight excluding hydrogens is 193 g/mol. The maximum Gasteiger partial charge on any atom is 0.435 e. The number of rotatable bonds is 0. The Morgan fingerprint density at radius 2 is 1.93 bits per heavy atom. The highest BCUT2D eigenvalue weighted by Gasteiger charge is 2.47. The van der Waals surface area contributed by atoms with Gasteiger partial charge >= 0.3 is 6.18 Å². The number of fused-ring (bicyclic) bond motifs is 5. The zero-order valence-electron chi connectivity index (χ0n) is 7.36. The molecule has 2 bridgehead atoms. The van der Waals surface area contributed by atoms with E-state index in [1.165, 1.54) is 0 Å². The van der Waals surface area contributed by atoms with Gasteiger partial charge in [-0.1, -0.05) is 0 Å². The molecule has 1 aromatic heterocycles. The molecule has 0 aliphatic heterocycles. The maximum atomic E-state index is 12.5. The highest BCUT2D eigenvalue weighted by atomic mass is 19.4. The van der Waals surface area contributed by atoms with Gasteiger partial charge in [0, 0.05) is 17.2 Å². The zero-order valence-corrected chi connectivity index (χ0v) is 7.36. The van der Waals surface area contributed by atoms with Gasteiger partial charge in [-0.15, -0.1) is 0 Å². The molecule has 0 radical (unpaired) electrons. The number of hydrogen-bond acceptors (Lipinski definition) is 1. The molecule has 1 N–H and O–H groups in total. The van der Waals surface area contributed by atoms with Crippen LogP contribution in [0.4, 0.5) is 13.2 Å². The minimum Gasteiger partial charge on any atom is -0.281 e. The molecule has 3 rings (SSSR count). The second-order valence-corrected chi connectivity index (χ2v) is 4.10. The number of aromatic nitrogens is 2. The van der Waals surface area contributed by atoms with Gasteiger partial charge < -0.3 is 0 Å². The van der Waals surface area contributed by atoms with Crippen molar-refractivity contribution >= 4 is 0 Å². The van der Waals surface area contributed by atoms with Gasteiger partial charge in [0.05, 0.1) is 0 Å². The lowest BCUT2D eigenvalue weighted by atomic mass is 9.95. The molecule has 14 heavy (non-hydrogen) atoms. The van der Waals surface area contributed by atoms with Crippen LogP contribution in [0.2, 0.25) is 0 Å². The normalized spacial score (nSPS) is 29.6. The fourth-order valence-corrected chi connectivity index (χ4v) is 2.81. The Hall–Kier alpha value is -1.00. The Labute approximate surface area is 78.5 Å². The van der Waals surface area contributed by atoms with E-state index in [0.717, 1.165) is 25.0 Å². The molecule has 1 saturated carbocycles. The third-order valence-electron chi connectivity index (χ3n) is 3.35. The average Bonchev–Trinajstić information content (AvgIpc) is 2.74. The third-order valence-corrected chi connectivity index (χ3v) is 3.35. The number of nitrogens with zero attached hydrogens (tertiary/aromatic N) is 1. The van der Waals surface area contributed by atoms with Crippen molar-refractivity contribution in [2.24, 2.45) is 0 Å². The summed E-state index contributed by atoms with van der Waals surface area (Å²) in [5, 5.41) is 5.95. The Morgan fingerprint density at radius 1 is 1.21 bits per heavy atom. The van der Waals surface area contributed by atoms with Crippen LogP contribution in [0.15, 0.2) is 0 Å². The summed E-state index contributed by atoms with van der Waals surface area (Å²) >= 11 is 0. The van der Waals surface area contributed by atoms with Gasteiger partial charge in [-0.2, -0.15) is 18.3 Å². The van der Waals surface area contributed by atoms with Gasteiger partial charge in [0.15, 0.2) is 5.69 Å². The molecular formula is C9H9F3N2. The summed E-state index contributed by atoms with van der Waals surface area (Å²) in [6, 6.07) is 0. The fourth-order valence-electron chi connectivity index (χ4n) is 2.81. The van der Waals surface area contributed by atoms with Crippen molar-refractivity contribution in [2.75, 3.05) is 0 Å². The summed E-state index contributed by atoms with van der Waals surface area (Å²) in [5.74, 6) is 0.406. The van der Waals surface area contributed by atoms with Gasteiger partial charge in [0.25, 0.3) is 0 Å². The van der Waals surface area contributed by atoms with Gasteiger partial charge in [-0.3, -0.25) is 5.10 Å². The summed E-state index contributed by atoms with van der Waals surface area (Å²) in [5.41, 5.74) is 0.516. The van der Waals surface area contributed by atoms with Gasteiger partial charge in [0.2, 0.25) is 0 Å². The fraction of sp³-hybridized carbons (Fsp3) is 0.667. The summed E-state index contributed by atoms with van der Waals surface area (Å²) < 4.78 is 37.6. The first-order valence-corrected chi connectivity index (χ1v) is 4.72. The van der Waals surface area contributed by atoms with Crippen LogP contribution in [0.5, 0.6) is 0 Å². The first-order chi connectivity index (χ1) is 6.57. The van der Waals surface area contributed by atoms with E-state index < -0.39 is 11.9 Å². The van der Waals surface area contributed by atoms with Gasteiger partial charge in [-0.05, 0) is 25.2 Å². The zero-order chi connectivity index (χ0) is 9.92. The molecule has 1 fully saturated rings. The first kappa shape index (κ1) is 8.32. The highest BCUT2D eigenvalue weighted by molar-refractivity contribution is 5.40. The van der Waals surface area contributed by atoms with Gasteiger partial charge in [-0.25, -0.2) is 0 Å². The van der Waals surface area contributed by atoms with E-state index in [-0.39, 0.29) is 5.92 Å². The number of hydrogen-bond donors (Lipinski definition) is 1. The monoisotopic (exact) mass is 202 g/mol. The van der Waals surface area contributed by atoms with Crippen LogP contribution >= 0.6 is 0 Å². The molecule has 0 spiro atoms. The van der Waals surface area contributed by atoms with Gasteiger partial charge in [0.1, 0.15) is 0 Å². The first-order valence-electron chi connectivity index (χ1n) is 4.72. The molecule has 76 valence electrons. The van der Waals surface area contributed by atoms with Crippen LogP contribution in [0, 0.1) is 0 Å². The van der Waals surface area contributed by atoms with E-state index in [0.29, 0.717) is 11.5 Å². The van der Waals surface area contributed by atoms with Crippen LogP contribution in [0.25, 0.3) is 0 Å². The smallest absolute Gasteiger partial charge is 0.281 e. The van der Waals surface area contributed by atoms with Crippen LogP contribution in [0.3, 0.4) is 0 Å². The largest absolute Gasteiger partial charge is 0.435 e. The van der Waals surface area contributed by atoms with E-state index in [9.17, 15) is 13.2 Å². The molecule has 2 nitrogen and oxygen atoms in total. The van der Waals surface area contributed by atoms with Crippen LogP contribution in [-0.2, 0) is 6.18 Å². The summed E-state index contributed by atoms with van der Waals surface area (Å²) in [7, 11) is 0. The molecule has 1 heterocycles. The quantitative estimate of drug-likeness (QED) is 0.688. The van der Waals surface area contributed by atoms with Crippen molar-refractivity contribution in [3.8, 4) is 0 Å². The van der Waals surface area contributed by atoms with E-state index in [1.807, 2.05) is 0 Å². The van der Waals surface area contributed by atoms with Crippen LogP contribution in [-0.4, -0.2) is 10.2 Å². The predicted octanol–water partition coefficient (Wildman–Crippen LogP) is 2.79. The van der Waals surface area contributed by atoms with Crippen molar-refractivity contribution in [1.29, 1.82) is 0 Å². The van der Waals surface area contributed by atoms with Crippen LogP contribution in [0.1, 0.15) is 48.0 Å². The molecule has 0 amide bonds. The molecule has 1 aromatic rings. The van der Waals surface area contributed by atoms with Crippen molar-refractivity contribution < 1.29 is 13.2 Å². The summed E-state index contributed by atoms with van der Waals surface area (Å²) in [4.78, 5) is 0. The lowest BCUT2D eigenvalue weighted by Gasteiger charge is -2.11. The Bertz CT molecular complexity index is 380. The standard InChI is InChI=1S/C9H9F3N2/c10-9(11,12)8-6-4-1-2-5(3-4)7(6)13-14-8/h4-5H,1-3H2,(H,13,14). The minimum absolute atomic E-state index is 0.102. The molecule has 0 aromatic carbocycles. The second-order valence-electron chi connectivity index (χ2n) is 4.10. The molecule has 0 saturated heterocycles. The summed E-state index contributed by atoms with van der Waals surface area (Å²) in [6.45, 7) is 0. The maximum absolute atomic E-state index is 12.5. The van der Waals surface area contributed by atoms with E-state index >= 15 is 0 Å². The van der Waals surface area contributed by atoms with E-state index in [4.69, 9.17) is 0 Å². The minimum atomic E-state index is -4.30. The molecule has 2 aliphatic carbocycles. The molecule has 2 atom stereocenters. The van der Waals surface area contributed by atoms with Crippen molar-refractivity contribution in [1.82, 2.24) is 10.2 Å². The molecule has 2 unspecified atom stereocenters. The van der Waals surface area contributed by atoms with Crippen molar-refractivity contribution in [3.05, 3.63) is 17.0 Å². The highest BCUT2D eigenvalue weighted by Crippen LogP contribution is 2.55. The Morgan fingerprint density at radius 3 is 2.64 bits per heavy atom. The third kappa shape index (κ3) is 0.898.